The van der Waals surface area contributed by atoms with Crippen LogP contribution in [0.5, 0.6) is 0 Å². The molecule has 5 nitrogen and oxygen atoms in total. The van der Waals surface area contributed by atoms with Crippen LogP contribution >= 0.6 is 0 Å². The molecule has 1 atom stereocenters. The number of hydrogen-bond donors (Lipinski definition) is 1. The normalized spacial score (nSPS) is 20.5. The second-order valence-electron chi connectivity index (χ2n) is 6.98. The van der Waals surface area contributed by atoms with Gasteiger partial charge in [-0.05, 0) is 44.3 Å². The maximum absolute atomic E-state index is 5.75. The summed E-state index contributed by atoms with van der Waals surface area (Å²) in [4.78, 5) is 2.60. The summed E-state index contributed by atoms with van der Waals surface area (Å²) in [5.41, 5.74) is 1.36. The van der Waals surface area contributed by atoms with Crippen molar-refractivity contribution in [2.45, 2.75) is 50.5 Å². The van der Waals surface area contributed by atoms with E-state index in [1.807, 2.05) is 0 Å². The fourth-order valence-electron chi connectivity index (χ4n) is 3.53. The molecule has 24 heavy (non-hydrogen) atoms. The van der Waals surface area contributed by atoms with E-state index >= 15 is 0 Å². The number of aromatic nitrogens is 2. The lowest BCUT2D eigenvalue weighted by molar-refractivity contribution is 0.212. The first kappa shape index (κ1) is 15.6. The van der Waals surface area contributed by atoms with E-state index in [4.69, 9.17) is 4.42 Å². The Morgan fingerprint density at radius 2 is 1.79 bits per heavy atom. The van der Waals surface area contributed by atoms with Crippen LogP contribution in [0.25, 0.3) is 0 Å². The summed E-state index contributed by atoms with van der Waals surface area (Å²) in [5, 5.41) is 11.7. The van der Waals surface area contributed by atoms with Crippen molar-refractivity contribution in [3.05, 3.63) is 41.8 Å². The van der Waals surface area contributed by atoms with Crippen molar-refractivity contribution < 1.29 is 4.42 Å². The minimum Gasteiger partial charge on any atom is -0.408 e. The van der Waals surface area contributed by atoms with Gasteiger partial charge >= 0.3 is 6.01 Å². The standard InChI is InChI=1S/C19H26N4O/c1-2-7-13-23(12-6-1)17(15-8-4-3-5-9-15)14-20-19-22-21-18(24-19)16-10-11-16/h3-5,8-9,16-17H,1-2,6-7,10-14H2,(H,20,22)/t17-/m1/s1. The highest BCUT2D eigenvalue weighted by Gasteiger charge is 2.29. The van der Waals surface area contributed by atoms with Crippen LogP contribution in [0.1, 0.15) is 61.9 Å². The van der Waals surface area contributed by atoms with Crippen molar-refractivity contribution in [3.63, 3.8) is 0 Å². The van der Waals surface area contributed by atoms with Gasteiger partial charge in [-0.25, -0.2) is 0 Å². The molecule has 2 aliphatic rings. The molecule has 2 heterocycles. The first-order valence-corrected chi connectivity index (χ1v) is 9.26. The number of anilines is 1. The Labute approximate surface area is 143 Å². The summed E-state index contributed by atoms with van der Waals surface area (Å²) in [7, 11) is 0. The van der Waals surface area contributed by atoms with Crippen LogP contribution in [-0.4, -0.2) is 34.7 Å². The molecule has 2 aromatic rings. The third-order valence-electron chi connectivity index (χ3n) is 5.08. The highest BCUT2D eigenvalue weighted by atomic mass is 16.4. The van der Waals surface area contributed by atoms with Crippen LogP contribution < -0.4 is 5.32 Å². The number of hydrogen-bond acceptors (Lipinski definition) is 5. The Hall–Kier alpha value is -1.88. The first-order chi connectivity index (χ1) is 11.9. The van der Waals surface area contributed by atoms with E-state index in [0.717, 1.165) is 12.4 Å². The van der Waals surface area contributed by atoms with Crippen molar-refractivity contribution in [1.82, 2.24) is 15.1 Å². The van der Waals surface area contributed by atoms with Gasteiger partial charge in [-0.15, -0.1) is 5.10 Å². The van der Waals surface area contributed by atoms with Gasteiger partial charge in [0.25, 0.3) is 0 Å². The van der Waals surface area contributed by atoms with Crippen molar-refractivity contribution in [2.75, 3.05) is 25.0 Å². The first-order valence-electron chi connectivity index (χ1n) is 9.26. The second-order valence-corrected chi connectivity index (χ2v) is 6.98. The average Bonchev–Trinajstić information content (AvgIpc) is 3.41. The predicted octanol–water partition coefficient (Wildman–Crippen LogP) is 3.98. The van der Waals surface area contributed by atoms with Crippen molar-refractivity contribution >= 4 is 6.01 Å². The summed E-state index contributed by atoms with van der Waals surface area (Å²) in [6, 6.07) is 11.7. The molecule has 0 radical (unpaired) electrons. The summed E-state index contributed by atoms with van der Waals surface area (Å²) < 4.78 is 5.75. The minimum atomic E-state index is 0.348. The maximum atomic E-state index is 5.75. The van der Waals surface area contributed by atoms with Crippen molar-refractivity contribution in [3.8, 4) is 0 Å². The molecular formula is C19H26N4O. The average molecular weight is 326 g/mol. The SMILES string of the molecule is c1ccc([C@@H](CNc2nnc(C3CC3)o2)N2CCCCCC2)cc1. The molecule has 0 unspecified atom stereocenters. The molecule has 1 aromatic carbocycles. The largest absolute Gasteiger partial charge is 0.408 e. The van der Waals surface area contributed by atoms with Crippen LogP contribution in [0, 0.1) is 0 Å². The Morgan fingerprint density at radius 1 is 1.04 bits per heavy atom. The minimum absolute atomic E-state index is 0.348. The van der Waals surface area contributed by atoms with Crippen molar-refractivity contribution in [1.29, 1.82) is 0 Å². The van der Waals surface area contributed by atoms with Gasteiger partial charge in [-0.1, -0.05) is 48.3 Å². The fourth-order valence-corrected chi connectivity index (χ4v) is 3.53. The van der Waals surface area contributed by atoms with Gasteiger partial charge in [0, 0.05) is 12.5 Å². The summed E-state index contributed by atoms with van der Waals surface area (Å²) >= 11 is 0. The maximum Gasteiger partial charge on any atom is 0.315 e. The van der Waals surface area contributed by atoms with Crippen LogP contribution in [0.15, 0.2) is 34.7 Å². The zero-order chi connectivity index (χ0) is 16.2. The molecule has 1 N–H and O–H groups in total. The predicted molar refractivity (Wildman–Crippen MR) is 94.0 cm³/mol. The lowest BCUT2D eigenvalue weighted by atomic mass is 10.0. The summed E-state index contributed by atoms with van der Waals surface area (Å²) in [6.45, 7) is 3.13. The zero-order valence-electron chi connectivity index (χ0n) is 14.2. The topological polar surface area (TPSA) is 54.2 Å². The number of nitrogens with zero attached hydrogens (tertiary/aromatic N) is 3. The van der Waals surface area contributed by atoms with E-state index in [9.17, 15) is 0 Å². The molecular weight excluding hydrogens is 300 g/mol. The molecule has 4 rings (SSSR count). The van der Waals surface area contributed by atoms with Gasteiger partial charge in [-0.2, -0.15) is 0 Å². The van der Waals surface area contributed by atoms with Gasteiger partial charge < -0.3 is 9.73 Å². The van der Waals surface area contributed by atoms with Gasteiger partial charge in [-0.3, -0.25) is 4.90 Å². The van der Waals surface area contributed by atoms with Crippen LogP contribution in [0.3, 0.4) is 0 Å². The smallest absolute Gasteiger partial charge is 0.315 e. The third kappa shape index (κ3) is 3.78. The van der Waals surface area contributed by atoms with E-state index in [-0.39, 0.29) is 0 Å². The molecule has 1 saturated carbocycles. The van der Waals surface area contributed by atoms with Gasteiger partial charge in [0.15, 0.2) is 0 Å². The number of nitrogens with one attached hydrogen (secondary N) is 1. The molecule has 5 heteroatoms. The van der Waals surface area contributed by atoms with Crippen LogP contribution in [-0.2, 0) is 0 Å². The molecule has 128 valence electrons. The van der Waals surface area contributed by atoms with Gasteiger partial charge in [0.2, 0.25) is 5.89 Å². The number of rotatable bonds is 6. The van der Waals surface area contributed by atoms with Gasteiger partial charge in [0.1, 0.15) is 0 Å². The van der Waals surface area contributed by atoms with E-state index < -0.39 is 0 Å². The lowest BCUT2D eigenvalue weighted by Gasteiger charge is -2.31. The quantitative estimate of drug-likeness (QED) is 0.870. The zero-order valence-corrected chi connectivity index (χ0v) is 14.2. The van der Waals surface area contributed by atoms with E-state index in [1.165, 1.54) is 57.2 Å². The van der Waals surface area contributed by atoms with Crippen LogP contribution in [0.4, 0.5) is 6.01 Å². The highest BCUT2D eigenvalue weighted by Crippen LogP contribution is 2.39. The van der Waals surface area contributed by atoms with E-state index in [1.54, 1.807) is 0 Å². The Kier molecular flexibility index (Phi) is 4.78. The lowest BCUT2D eigenvalue weighted by Crippen LogP contribution is -2.34. The van der Waals surface area contributed by atoms with Crippen LogP contribution in [0.2, 0.25) is 0 Å². The molecule has 0 amide bonds. The Balaban J connectivity index is 1.46. The molecule has 1 saturated heterocycles. The molecule has 2 fully saturated rings. The van der Waals surface area contributed by atoms with E-state index in [0.29, 0.717) is 18.0 Å². The molecule has 1 aliphatic carbocycles. The molecule has 0 spiro atoms. The van der Waals surface area contributed by atoms with E-state index in [2.05, 4.69) is 50.7 Å². The second kappa shape index (κ2) is 7.34. The molecule has 0 bridgehead atoms. The summed E-state index contributed by atoms with van der Waals surface area (Å²) in [5.74, 6) is 1.30. The number of benzene rings is 1. The molecule has 1 aromatic heterocycles. The number of likely N-dealkylation sites (tertiary alicyclic amines) is 1. The van der Waals surface area contributed by atoms with Crippen molar-refractivity contribution in [2.24, 2.45) is 0 Å². The van der Waals surface area contributed by atoms with Gasteiger partial charge in [0.05, 0.1) is 6.04 Å². The highest BCUT2D eigenvalue weighted by molar-refractivity contribution is 5.25. The third-order valence-corrected chi connectivity index (χ3v) is 5.08. The fraction of sp³-hybridized carbons (Fsp3) is 0.579. The Bertz CT molecular complexity index is 630. The Morgan fingerprint density at radius 3 is 2.50 bits per heavy atom. The summed E-state index contributed by atoms with van der Waals surface area (Å²) in [6.07, 6.45) is 7.63. The monoisotopic (exact) mass is 326 g/mol. The molecule has 1 aliphatic heterocycles.